The fraction of sp³-hybridized carbons (Fsp3) is 0.944. The first-order valence-electron chi connectivity index (χ1n) is 17.7. The number of unbranched alkanes of at least 4 members (excludes halogenated alkanes) is 11. The van der Waals surface area contributed by atoms with Crippen molar-refractivity contribution >= 4 is 11.9 Å². The average Bonchev–Trinajstić information content (AvgIpc) is 2.95. The summed E-state index contributed by atoms with van der Waals surface area (Å²) in [6.07, 6.45) is 25.3. The zero-order valence-electron chi connectivity index (χ0n) is 27.9. The van der Waals surface area contributed by atoms with E-state index >= 15 is 0 Å². The molecule has 0 amide bonds. The third-order valence-electron chi connectivity index (χ3n) is 8.91. The molecule has 40 heavy (non-hydrogen) atoms. The Morgan fingerprint density at radius 3 is 1.35 bits per heavy atom. The molecule has 0 aliphatic rings. The van der Waals surface area contributed by atoms with E-state index in [0.29, 0.717) is 49.7 Å². The van der Waals surface area contributed by atoms with E-state index in [-0.39, 0.29) is 11.9 Å². The van der Waals surface area contributed by atoms with Crippen LogP contribution in [0.3, 0.4) is 0 Å². The van der Waals surface area contributed by atoms with E-state index in [9.17, 15) is 9.59 Å². The summed E-state index contributed by atoms with van der Waals surface area (Å²) >= 11 is 0. The van der Waals surface area contributed by atoms with Crippen LogP contribution in [0.1, 0.15) is 183 Å². The minimum atomic E-state index is -0.00231. The first kappa shape index (κ1) is 38.9. The van der Waals surface area contributed by atoms with Crippen molar-refractivity contribution in [1.29, 1.82) is 0 Å². The Morgan fingerprint density at radius 2 is 0.925 bits per heavy atom. The molecule has 3 atom stereocenters. The lowest BCUT2D eigenvalue weighted by atomic mass is 9.86. The van der Waals surface area contributed by atoms with Gasteiger partial charge in [-0.15, -0.1) is 0 Å². The van der Waals surface area contributed by atoms with Gasteiger partial charge in [-0.2, -0.15) is 0 Å². The summed E-state index contributed by atoms with van der Waals surface area (Å²) in [5.41, 5.74) is 0. The average molecular weight is 567 g/mol. The van der Waals surface area contributed by atoms with Crippen molar-refractivity contribution in [2.45, 2.75) is 183 Å². The van der Waals surface area contributed by atoms with E-state index in [1.807, 2.05) is 0 Å². The number of carbonyl (C=O) groups is 2. The number of hydrogen-bond donors (Lipinski definition) is 0. The van der Waals surface area contributed by atoms with Gasteiger partial charge in [-0.05, 0) is 49.4 Å². The molecule has 0 saturated heterocycles. The van der Waals surface area contributed by atoms with Gasteiger partial charge < -0.3 is 9.47 Å². The lowest BCUT2D eigenvalue weighted by molar-refractivity contribution is -0.146. The molecule has 0 fully saturated rings. The summed E-state index contributed by atoms with van der Waals surface area (Å²) in [5, 5.41) is 0. The molecular weight excluding hydrogens is 496 g/mol. The Bertz CT molecular complexity index is 573. The maximum absolute atomic E-state index is 12.3. The third-order valence-corrected chi connectivity index (χ3v) is 8.91. The quantitative estimate of drug-likeness (QED) is 0.0667. The lowest BCUT2D eigenvalue weighted by Crippen LogP contribution is -2.16. The summed E-state index contributed by atoms with van der Waals surface area (Å²) < 4.78 is 11.1. The Morgan fingerprint density at radius 1 is 0.500 bits per heavy atom. The third kappa shape index (κ3) is 23.6. The zero-order valence-corrected chi connectivity index (χ0v) is 27.9. The van der Waals surface area contributed by atoms with Crippen molar-refractivity contribution in [1.82, 2.24) is 0 Å². The predicted octanol–water partition coefficient (Wildman–Crippen LogP) is 11.2. The highest BCUT2D eigenvalue weighted by atomic mass is 16.5. The molecule has 0 aromatic heterocycles. The van der Waals surface area contributed by atoms with Gasteiger partial charge in [0, 0.05) is 12.8 Å². The van der Waals surface area contributed by atoms with E-state index in [0.717, 1.165) is 32.1 Å². The molecule has 0 radical (unpaired) electrons. The van der Waals surface area contributed by atoms with Gasteiger partial charge in [0.15, 0.2) is 0 Å². The maximum atomic E-state index is 12.3. The largest absolute Gasteiger partial charge is 0.465 e. The standard InChI is InChI=1S/C36H70O4/c1-7-11-23-32(9-3)29-39-35(37)26-22-20-18-16-14-13-15-17-19-21-25-34(31(5)6)27-28-36(38)40-30-33(10-4)24-12-8-2/h31-34H,7-30H2,1-6H3. The van der Waals surface area contributed by atoms with Crippen molar-refractivity contribution in [2.75, 3.05) is 13.2 Å². The Kier molecular flexibility index (Phi) is 27.3. The second-order valence-electron chi connectivity index (χ2n) is 12.8. The van der Waals surface area contributed by atoms with E-state index in [2.05, 4.69) is 41.5 Å². The fourth-order valence-corrected chi connectivity index (χ4v) is 5.57. The molecule has 0 aromatic rings. The normalized spacial score (nSPS) is 13.8. The van der Waals surface area contributed by atoms with Gasteiger partial charge in [0.25, 0.3) is 0 Å². The van der Waals surface area contributed by atoms with E-state index in [1.165, 1.54) is 96.3 Å². The van der Waals surface area contributed by atoms with E-state index < -0.39 is 0 Å². The van der Waals surface area contributed by atoms with Crippen LogP contribution in [0.4, 0.5) is 0 Å². The van der Waals surface area contributed by atoms with Crippen LogP contribution in [-0.2, 0) is 19.1 Å². The molecule has 4 nitrogen and oxygen atoms in total. The number of ether oxygens (including phenoxy) is 2. The van der Waals surface area contributed by atoms with Crippen LogP contribution < -0.4 is 0 Å². The van der Waals surface area contributed by atoms with E-state index in [4.69, 9.17) is 9.47 Å². The molecule has 0 N–H and O–H groups in total. The summed E-state index contributed by atoms with van der Waals surface area (Å²) in [7, 11) is 0. The zero-order chi connectivity index (χ0) is 29.8. The molecule has 0 rings (SSSR count). The molecule has 0 aliphatic heterocycles. The van der Waals surface area contributed by atoms with Crippen molar-refractivity contribution in [3.63, 3.8) is 0 Å². The van der Waals surface area contributed by atoms with Gasteiger partial charge in [0.05, 0.1) is 13.2 Å². The summed E-state index contributed by atoms with van der Waals surface area (Å²) in [5.74, 6) is 2.32. The fourth-order valence-electron chi connectivity index (χ4n) is 5.57. The van der Waals surface area contributed by atoms with Gasteiger partial charge in [0.1, 0.15) is 0 Å². The first-order chi connectivity index (χ1) is 19.4. The number of hydrogen-bond acceptors (Lipinski definition) is 4. The van der Waals surface area contributed by atoms with Gasteiger partial charge in [-0.3, -0.25) is 9.59 Å². The van der Waals surface area contributed by atoms with Crippen LogP contribution in [0.15, 0.2) is 0 Å². The minimum Gasteiger partial charge on any atom is -0.465 e. The van der Waals surface area contributed by atoms with Gasteiger partial charge in [-0.1, -0.05) is 144 Å². The van der Waals surface area contributed by atoms with Crippen molar-refractivity contribution < 1.29 is 19.1 Å². The lowest BCUT2D eigenvalue weighted by Gasteiger charge is -2.21. The van der Waals surface area contributed by atoms with Crippen molar-refractivity contribution in [3.8, 4) is 0 Å². The Labute approximate surface area is 250 Å². The SMILES string of the molecule is CCCCC(CC)COC(=O)CCCCCCCCCCCCC(CCC(=O)OCC(CC)CCCC)C(C)C. The second kappa shape index (κ2) is 28.1. The topological polar surface area (TPSA) is 52.6 Å². The van der Waals surface area contributed by atoms with Crippen LogP contribution in [0.25, 0.3) is 0 Å². The Hall–Kier alpha value is -1.06. The highest BCUT2D eigenvalue weighted by molar-refractivity contribution is 5.69. The molecule has 238 valence electrons. The van der Waals surface area contributed by atoms with Crippen LogP contribution in [0.5, 0.6) is 0 Å². The number of rotatable bonds is 29. The van der Waals surface area contributed by atoms with E-state index in [1.54, 1.807) is 0 Å². The second-order valence-corrected chi connectivity index (χ2v) is 12.8. The monoisotopic (exact) mass is 567 g/mol. The Balaban J connectivity index is 3.72. The minimum absolute atomic E-state index is 0.00231. The summed E-state index contributed by atoms with van der Waals surface area (Å²) in [6, 6.07) is 0. The smallest absolute Gasteiger partial charge is 0.305 e. The van der Waals surface area contributed by atoms with Crippen molar-refractivity contribution in [2.24, 2.45) is 23.7 Å². The van der Waals surface area contributed by atoms with Crippen LogP contribution in [0, 0.1) is 23.7 Å². The molecule has 0 heterocycles. The molecule has 0 spiro atoms. The highest BCUT2D eigenvalue weighted by Crippen LogP contribution is 2.25. The summed E-state index contributed by atoms with van der Waals surface area (Å²) in [6.45, 7) is 14.6. The first-order valence-corrected chi connectivity index (χ1v) is 17.7. The highest BCUT2D eigenvalue weighted by Gasteiger charge is 2.17. The molecule has 0 aromatic carbocycles. The van der Waals surface area contributed by atoms with Gasteiger partial charge >= 0.3 is 11.9 Å². The van der Waals surface area contributed by atoms with Crippen LogP contribution in [0.2, 0.25) is 0 Å². The maximum Gasteiger partial charge on any atom is 0.305 e. The van der Waals surface area contributed by atoms with Crippen LogP contribution in [-0.4, -0.2) is 25.2 Å². The number of carbonyl (C=O) groups excluding carboxylic acids is 2. The molecule has 4 heteroatoms. The predicted molar refractivity (Wildman–Crippen MR) is 171 cm³/mol. The molecule has 0 aliphatic carbocycles. The number of esters is 2. The van der Waals surface area contributed by atoms with Crippen LogP contribution >= 0.6 is 0 Å². The molecule has 3 unspecified atom stereocenters. The molecule has 0 saturated carbocycles. The van der Waals surface area contributed by atoms with Gasteiger partial charge in [0.2, 0.25) is 0 Å². The molecule has 0 bridgehead atoms. The van der Waals surface area contributed by atoms with Gasteiger partial charge in [-0.25, -0.2) is 0 Å². The van der Waals surface area contributed by atoms with Crippen molar-refractivity contribution in [3.05, 3.63) is 0 Å². The molecular formula is C36H70O4. The summed E-state index contributed by atoms with van der Waals surface area (Å²) in [4.78, 5) is 24.3.